The average Bonchev–Trinajstić information content (AvgIpc) is 2.59. The summed E-state index contributed by atoms with van der Waals surface area (Å²) in [5.74, 6) is -1.90. The molecule has 5 nitrogen and oxygen atoms in total. The van der Waals surface area contributed by atoms with Crippen molar-refractivity contribution in [2.45, 2.75) is 25.3 Å². The summed E-state index contributed by atoms with van der Waals surface area (Å²) >= 11 is 0. The van der Waals surface area contributed by atoms with Gasteiger partial charge in [0.05, 0.1) is 13.0 Å². The zero-order valence-corrected chi connectivity index (χ0v) is 14.7. The number of hydrogen-bond donors (Lipinski definition) is 1. The molecule has 1 aromatic rings. The number of rotatable bonds is 3. The van der Waals surface area contributed by atoms with Crippen molar-refractivity contribution in [1.82, 2.24) is 15.1 Å². The normalized spacial score (nSPS) is 21.0. The van der Waals surface area contributed by atoms with Crippen LogP contribution in [0.5, 0.6) is 0 Å². The largest absolute Gasteiger partial charge is 0.340 e. The van der Waals surface area contributed by atoms with E-state index in [0.29, 0.717) is 31.7 Å². The highest BCUT2D eigenvalue weighted by atomic mass is 35.5. The number of nitrogens with zero attached hydrogens (tertiary/aromatic N) is 2. The van der Waals surface area contributed by atoms with E-state index in [0.717, 1.165) is 31.5 Å². The summed E-state index contributed by atoms with van der Waals surface area (Å²) in [6, 6.07) is 3.57. The van der Waals surface area contributed by atoms with Crippen LogP contribution in [0, 0.1) is 11.6 Å². The second-order valence-corrected chi connectivity index (χ2v) is 6.32. The van der Waals surface area contributed by atoms with Gasteiger partial charge in [-0.2, -0.15) is 0 Å². The lowest BCUT2D eigenvalue weighted by molar-refractivity contribution is -0.140. The maximum absolute atomic E-state index is 13.3. The molecule has 0 aliphatic carbocycles. The summed E-state index contributed by atoms with van der Waals surface area (Å²) in [6.45, 7) is 2.92. The smallest absolute Gasteiger partial charge is 0.236 e. The number of carbonyl (C=O) groups excluding carboxylic acids is 2. The lowest BCUT2D eigenvalue weighted by Crippen LogP contribution is -2.57. The molecule has 2 aliphatic rings. The molecular weight excluding hydrogens is 352 g/mol. The van der Waals surface area contributed by atoms with Gasteiger partial charge in [-0.3, -0.25) is 9.59 Å². The maximum atomic E-state index is 13.3. The van der Waals surface area contributed by atoms with Gasteiger partial charge in [-0.1, -0.05) is 6.07 Å². The highest BCUT2D eigenvalue weighted by Gasteiger charge is 2.31. The molecule has 2 heterocycles. The van der Waals surface area contributed by atoms with Crippen LogP contribution in [-0.4, -0.2) is 60.4 Å². The fraction of sp³-hybridized carbons (Fsp3) is 0.529. The van der Waals surface area contributed by atoms with Crippen LogP contribution in [-0.2, 0) is 16.0 Å². The summed E-state index contributed by atoms with van der Waals surface area (Å²) in [7, 11) is 0. The summed E-state index contributed by atoms with van der Waals surface area (Å²) in [5, 5.41) is 3.04. The summed E-state index contributed by atoms with van der Waals surface area (Å²) < 4.78 is 26.2. The van der Waals surface area contributed by atoms with E-state index in [4.69, 9.17) is 0 Å². The first-order chi connectivity index (χ1) is 11.5. The van der Waals surface area contributed by atoms with Crippen molar-refractivity contribution in [3.63, 3.8) is 0 Å². The summed E-state index contributed by atoms with van der Waals surface area (Å²) in [4.78, 5) is 28.1. The fourth-order valence-electron chi connectivity index (χ4n) is 3.38. The van der Waals surface area contributed by atoms with Gasteiger partial charge in [-0.25, -0.2) is 8.78 Å². The molecule has 2 aliphatic heterocycles. The Balaban J connectivity index is 0.00000225. The van der Waals surface area contributed by atoms with Crippen LogP contribution >= 0.6 is 12.4 Å². The van der Waals surface area contributed by atoms with Crippen molar-refractivity contribution in [3.05, 3.63) is 35.4 Å². The first kappa shape index (κ1) is 19.6. The van der Waals surface area contributed by atoms with Crippen LogP contribution in [0.1, 0.15) is 18.4 Å². The molecule has 2 saturated heterocycles. The SMILES string of the molecule is Cl.O=C(Cc1ccc(F)c(F)c1)N1CCCC(N2CCNCC2=O)C1. The lowest BCUT2D eigenvalue weighted by Gasteiger charge is -2.41. The van der Waals surface area contributed by atoms with Crippen molar-refractivity contribution in [2.75, 3.05) is 32.7 Å². The number of carbonyl (C=O) groups is 2. The summed E-state index contributed by atoms with van der Waals surface area (Å²) in [5.41, 5.74) is 0.458. The van der Waals surface area contributed by atoms with E-state index in [-0.39, 0.29) is 36.7 Å². The molecule has 0 bridgehead atoms. The van der Waals surface area contributed by atoms with E-state index in [1.54, 1.807) is 4.90 Å². The van der Waals surface area contributed by atoms with Crippen molar-refractivity contribution in [2.24, 2.45) is 0 Å². The number of hydrogen-bond acceptors (Lipinski definition) is 3. The van der Waals surface area contributed by atoms with E-state index in [1.807, 2.05) is 4.90 Å². The fourth-order valence-corrected chi connectivity index (χ4v) is 3.38. The molecule has 8 heteroatoms. The Morgan fingerprint density at radius 1 is 1.24 bits per heavy atom. The Morgan fingerprint density at radius 2 is 2.04 bits per heavy atom. The molecule has 3 rings (SSSR count). The van der Waals surface area contributed by atoms with Crippen molar-refractivity contribution >= 4 is 24.2 Å². The van der Waals surface area contributed by atoms with Gasteiger partial charge >= 0.3 is 0 Å². The minimum atomic E-state index is -0.941. The van der Waals surface area contributed by atoms with Crippen LogP contribution in [0.15, 0.2) is 18.2 Å². The molecule has 0 radical (unpaired) electrons. The highest BCUT2D eigenvalue weighted by molar-refractivity contribution is 5.85. The molecule has 1 aromatic carbocycles. The van der Waals surface area contributed by atoms with Gasteiger partial charge in [-0.05, 0) is 30.5 Å². The van der Waals surface area contributed by atoms with Crippen LogP contribution < -0.4 is 5.32 Å². The Morgan fingerprint density at radius 3 is 2.76 bits per heavy atom. The average molecular weight is 374 g/mol. The van der Waals surface area contributed by atoms with Gasteiger partial charge in [0.15, 0.2) is 11.6 Å². The number of amides is 2. The van der Waals surface area contributed by atoms with Crippen LogP contribution in [0.4, 0.5) is 8.78 Å². The monoisotopic (exact) mass is 373 g/mol. The third kappa shape index (κ3) is 4.67. The molecule has 1 unspecified atom stereocenters. The van der Waals surface area contributed by atoms with Crippen molar-refractivity contribution < 1.29 is 18.4 Å². The highest BCUT2D eigenvalue weighted by Crippen LogP contribution is 2.18. The Kier molecular flexibility index (Phi) is 6.72. The number of nitrogens with one attached hydrogen (secondary N) is 1. The Bertz CT molecular complexity index is 644. The van der Waals surface area contributed by atoms with E-state index >= 15 is 0 Å². The third-order valence-corrected chi connectivity index (χ3v) is 4.66. The Labute approximate surface area is 151 Å². The number of piperidine rings is 1. The molecular formula is C17H22ClF2N3O2. The first-order valence-electron chi connectivity index (χ1n) is 8.26. The molecule has 2 fully saturated rings. The standard InChI is InChI=1S/C17H21F2N3O2.ClH/c18-14-4-3-12(8-15(14)19)9-16(23)21-6-1-2-13(11-21)22-7-5-20-10-17(22)24;/h3-4,8,13,20H,1-2,5-7,9-11H2;1H. The Hall–Kier alpha value is -1.73. The number of likely N-dealkylation sites (tertiary alicyclic amines) is 1. The molecule has 1 N–H and O–H groups in total. The van der Waals surface area contributed by atoms with Gasteiger partial charge in [0.2, 0.25) is 11.8 Å². The van der Waals surface area contributed by atoms with E-state index in [1.165, 1.54) is 6.07 Å². The zero-order valence-electron chi connectivity index (χ0n) is 13.8. The van der Waals surface area contributed by atoms with Crippen molar-refractivity contribution in [1.29, 1.82) is 0 Å². The minimum absolute atomic E-state index is 0. The molecule has 25 heavy (non-hydrogen) atoms. The molecule has 0 saturated carbocycles. The summed E-state index contributed by atoms with van der Waals surface area (Å²) in [6.07, 6.45) is 1.77. The predicted octanol–water partition coefficient (Wildman–Crippen LogP) is 1.35. The number of piperazine rings is 1. The molecule has 0 spiro atoms. The van der Waals surface area contributed by atoms with Gasteiger partial charge < -0.3 is 15.1 Å². The van der Waals surface area contributed by atoms with Crippen molar-refractivity contribution in [3.8, 4) is 0 Å². The van der Waals surface area contributed by atoms with Crippen LogP contribution in [0.2, 0.25) is 0 Å². The first-order valence-corrected chi connectivity index (χ1v) is 8.26. The molecule has 0 aromatic heterocycles. The van der Waals surface area contributed by atoms with Crippen LogP contribution in [0.3, 0.4) is 0 Å². The number of halogens is 3. The molecule has 138 valence electrons. The van der Waals surface area contributed by atoms with E-state index < -0.39 is 11.6 Å². The van der Waals surface area contributed by atoms with Gasteiger partial charge in [0.1, 0.15) is 0 Å². The zero-order chi connectivity index (χ0) is 17.1. The van der Waals surface area contributed by atoms with Gasteiger partial charge in [-0.15, -0.1) is 12.4 Å². The van der Waals surface area contributed by atoms with Gasteiger partial charge in [0.25, 0.3) is 0 Å². The lowest BCUT2D eigenvalue weighted by atomic mass is 10.0. The second kappa shape index (κ2) is 8.58. The molecule has 2 amide bonds. The predicted molar refractivity (Wildman–Crippen MR) is 91.5 cm³/mol. The van der Waals surface area contributed by atoms with E-state index in [9.17, 15) is 18.4 Å². The topological polar surface area (TPSA) is 52.7 Å². The third-order valence-electron chi connectivity index (χ3n) is 4.66. The van der Waals surface area contributed by atoms with E-state index in [2.05, 4.69) is 5.32 Å². The van der Waals surface area contributed by atoms with Gasteiger partial charge in [0, 0.05) is 32.2 Å². The number of benzene rings is 1. The minimum Gasteiger partial charge on any atom is -0.340 e. The maximum Gasteiger partial charge on any atom is 0.236 e. The molecule has 1 atom stereocenters. The van der Waals surface area contributed by atoms with Crippen LogP contribution in [0.25, 0.3) is 0 Å². The quantitative estimate of drug-likeness (QED) is 0.870. The second-order valence-electron chi connectivity index (χ2n) is 6.32.